The zero-order valence-corrected chi connectivity index (χ0v) is 18.2. The number of nitrogens with zero attached hydrogens (tertiary/aromatic N) is 1. The molecular formula is C24H29NOSi. The van der Waals surface area contributed by atoms with Crippen molar-refractivity contribution in [1.29, 1.82) is 0 Å². The summed E-state index contributed by atoms with van der Waals surface area (Å²) in [7, 11) is -1.79. The Balaban J connectivity index is 2.01. The highest BCUT2D eigenvalue weighted by atomic mass is 28.3. The molecule has 0 saturated carbocycles. The first kappa shape index (κ1) is 19.4. The van der Waals surface area contributed by atoms with E-state index in [4.69, 9.17) is 4.42 Å². The molecule has 0 saturated heterocycles. The molecule has 1 heterocycles. The zero-order chi connectivity index (χ0) is 19.6. The fourth-order valence-corrected chi connectivity index (χ4v) is 9.68. The number of hydrogen-bond acceptors (Lipinski definition) is 2. The van der Waals surface area contributed by atoms with Gasteiger partial charge in [-0.15, -0.1) is 5.54 Å². The van der Waals surface area contributed by atoms with Crippen LogP contribution in [0.1, 0.15) is 47.4 Å². The quantitative estimate of drug-likeness (QED) is 0.360. The average Bonchev–Trinajstić information content (AvgIpc) is 3.09. The molecule has 2 aromatic carbocycles. The van der Waals surface area contributed by atoms with E-state index in [2.05, 4.69) is 100 Å². The Morgan fingerprint density at radius 1 is 0.852 bits per heavy atom. The van der Waals surface area contributed by atoms with Crippen molar-refractivity contribution in [3.05, 3.63) is 54.6 Å². The largest absolute Gasteiger partial charge is 0.430 e. The van der Waals surface area contributed by atoms with Crippen molar-refractivity contribution in [2.45, 2.75) is 58.2 Å². The third-order valence-electron chi connectivity index (χ3n) is 5.81. The first-order valence-electron chi connectivity index (χ1n) is 9.83. The molecule has 3 rings (SSSR count). The summed E-state index contributed by atoms with van der Waals surface area (Å²) >= 11 is 0. The van der Waals surface area contributed by atoms with Crippen molar-refractivity contribution in [2.75, 3.05) is 0 Å². The molecule has 3 heteroatoms. The molecule has 3 aromatic rings. The molecular weight excluding hydrogens is 346 g/mol. The molecule has 0 N–H and O–H groups in total. The van der Waals surface area contributed by atoms with Gasteiger partial charge in [0.2, 0.25) is 0 Å². The maximum atomic E-state index is 6.05. The van der Waals surface area contributed by atoms with Crippen molar-refractivity contribution >= 4 is 18.8 Å². The van der Waals surface area contributed by atoms with Crippen LogP contribution in [-0.2, 0) is 0 Å². The van der Waals surface area contributed by atoms with E-state index in [0.29, 0.717) is 22.5 Å². The summed E-state index contributed by atoms with van der Waals surface area (Å²) in [5.41, 5.74) is 6.53. The molecule has 27 heavy (non-hydrogen) atoms. The third-order valence-corrected chi connectivity index (χ3v) is 12.1. The maximum absolute atomic E-state index is 6.05. The molecule has 0 unspecified atom stereocenters. The monoisotopic (exact) mass is 375 g/mol. The minimum atomic E-state index is -1.79. The number of rotatable bonds is 4. The fourth-order valence-electron chi connectivity index (χ4n) is 4.49. The van der Waals surface area contributed by atoms with Crippen molar-refractivity contribution in [3.8, 4) is 22.8 Å². The van der Waals surface area contributed by atoms with Crippen LogP contribution in [0.15, 0.2) is 53.1 Å². The molecule has 0 radical (unpaired) electrons. The number of hydrogen-bond donors (Lipinski definition) is 0. The Kier molecular flexibility index (Phi) is 5.58. The molecule has 140 valence electrons. The van der Waals surface area contributed by atoms with Gasteiger partial charge in [0.25, 0.3) is 5.89 Å². The van der Waals surface area contributed by atoms with E-state index in [1.165, 1.54) is 10.8 Å². The van der Waals surface area contributed by atoms with Gasteiger partial charge in [-0.25, -0.2) is 4.98 Å². The summed E-state index contributed by atoms with van der Waals surface area (Å²) in [4.78, 5) is 4.46. The highest BCUT2D eigenvalue weighted by Crippen LogP contribution is 2.40. The maximum Gasteiger partial charge on any atom is 0.273 e. The minimum absolute atomic E-state index is 0.525. The van der Waals surface area contributed by atoms with Gasteiger partial charge in [0.05, 0.1) is 6.20 Å². The van der Waals surface area contributed by atoms with Gasteiger partial charge in [-0.05, 0) is 33.3 Å². The Bertz CT molecular complexity index is 961. The number of benzene rings is 2. The van der Waals surface area contributed by atoms with Gasteiger partial charge in [-0.1, -0.05) is 84.0 Å². The van der Waals surface area contributed by atoms with Crippen LogP contribution < -0.4 is 0 Å². The predicted molar refractivity (Wildman–Crippen MR) is 117 cm³/mol. The van der Waals surface area contributed by atoms with Gasteiger partial charge in [-0.2, -0.15) is 0 Å². The van der Waals surface area contributed by atoms with E-state index in [1.54, 1.807) is 6.20 Å². The summed E-state index contributed by atoms with van der Waals surface area (Å²) in [6.45, 7) is 13.9. The summed E-state index contributed by atoms with van der Waals surface area (Å²) in [5.74, 6) is 4.61. The zero-order valence-electron chi connectivity index (χ0n) is 17.2. The lowest BCUT2D eigenvalue weighted by molar-refractivity contribution is 0.558. The van der Waals surface area contributed by atoms with E-state index < -0.39 is 8.07 Å². The van der Waals surface area contributed by atoms with Crippen LogP contribution in [0, 0.1) is 11.5 Å². The highest BCUT2D eigenvalue weighted by molar-refractivity contribution is 6.90. The normalized spacial score (nSPS) is 12.0. The lowest BCUT2D eigenvalue weighted by atomic mass is 10.0. The lowest BCUT2D eigenvalue weighted by Gasteiger charge is -2.37. The smallest absolute Gasteiger partial charge is 0.273 e. The molecule has 1 aromatic heterocycles. The van der Waals surface area contributed by atoms with Crippen LogP contribution in [0.2, 0.25) is 16.6 Å². The lowest BCUT2D eigenvalue weighted by Crippen LogP contribution is -2.43. The van der Waals surface area contributed by atoms with Crippen molar-refractivity contribution in [3.63, 3.8) is 0 Å². The van der Waals surface area contributed by atoms with Crippen LogP contribution >= 0.6 is 0 Å². The topological polar surface area (TPSA) is 26.0 Å². The van der Waals surface area contributed by atoms with Crippen LogP contribution in [0.4, 0.5) is 0 Å². The first-order valence-corrected chi connectivity index (χ1v) is 12.1. The number of aromatic nitrogens is 1. The highest BCUT2D eigenvalue weighted by Gasteiger charge is 2.41. The average molecular weight is 376 g/mol. The molecule has 0 aliphatic heterocycles. The molecule has 0 aliphatic carbocycles. The second-order valence-corrected chi connectivity index (χ2v) is 13.8. The van der Waals surface area contributed by atoms with Gasteiger partial charge >= 0.3 is 0 Å². The van der Waals surface area contributed by atoms with E-state index in [0.717, 1.165) is 11.3 Å². The molecule has 0 amide bonds. The first-order chi connectivity index (χ1) is 12.9. The van der Waals surface area contributed by atoms with Crippen molar-refractivity contribution in [1.82, 2.24) is 4.98 Å². The van der Waals surface area contributed by atoms with Crippen LogP contribution in [-0.4, -0.2) is 13.1 Å². The van der Waals surface area contributed by atoms with E-state index in [9.17, 15) is 0 Å². The second kappa shape index (κ2) is 7.74. The summed E-state index contributed by atoms with van der Waals surface area (Å²) in [6, 6.07) is 14.6. The molecule has 0 aliphatic rings. The molecule has 2 nitrogen and oxygen atoms in total. The Morgan fingerprint density at radius 3 is 2.15 bits per heavy atom. The van der Waals surface area contributed by atoms with E-state index in [-0.39, 0.29) is 0 Å². The second-order valence-electron chi connectivity index (χ2n) is 8.20. The van der Waals surface area contributed by atoms with Crippen molar-refractivity contribution < 1.29 is 4.42 Å². The van der Waals surface area contributed by atoms with Gasteiger partial charge in [0, 0.05) is 5.56 Å². The Hall–Kier alpha value is -2.31. The fraction of sp³-hybridized carbons (Fsp3) is 0.375. The van der Waals surface area contributed by atoms with Crippen LogP contribution in [0.5, 0.6) is 0 Å². The molecule has 0 atom stereocenters. The van der Waals surface area contributed by atoms with E-state index >= 15 is 0 Å². The van der Waals surface area contributed by atoms with Gasteiger partial charge < -0.3 is 4.42 Å². The summed E-state index contributed by atoms with van der Waals surface area (Å²) in [5, 5.41) is 2.37. The van der Waals surface area contributed by atoms with Crippen LogP contribution in [0.25, 0.3) is 22.1 Å². The predicted octanol–water partition coefficient (Wildman–Crippen LogP) is 7.06. The van der Waals surface area contributed by atoms with Gasteiger partial charge in [0.15, 0.2) is 5.76 Å². The SMILES string of the molecule is CC(C)[Si](C#Cc1ncc(-c2cccc3ccccc23)o1)(C(C)C)C(C)C. The third kappa shape index (κ3) is 3.59. The summed E-state index contributed by atoms with van der Waals surface area (Å²) < 4.78 is 6.05. The molecule has 0 fully saturated rings. The van der Waals surface area contributed by atoms with Gasteiger partial charge in [-0.3, -0.25) is 0 Å². The Labute approximate surface area is 164 Å². The minimum Gasteiger partial charge on any atom is -0.430 e. The summed E-state index contributed by atoms with van der Waals surface area (Å²) in [6.07, 6.45) is 1.80. The van der Waals surface area contributed by atoms with Gasteiger partial charge in [0.1, 0.15) is 8.07 Å². The van der Waals surface area contributed by atoms with Crippen molar-refractivity contribution in [2.24, 2.45) is 0 Å². The van der Waals surface area contributed by atoms with E-state index in [1.807, 2.05) is 0 Å². The number of oxazole rings is 1. The molecule has 0 bridgehead atoms. The Morgan fingerprint density at radius 2 is 1.48 bits per heavy atom. The number of fused-ring (bicyclic) bond motifs is 1. The molecule has 0 spiro atoms. The standard InChI is InChI=1S/C24H29NOSi/c1-17(2)27(18(3)4,19(5)6)15-14-24-25-16-23(26-24)22-13-9-11-20-10-7-8-12-21(20)22/h7-13,16-19H,1-6H3. The van der Waals surface area contributed by atoms with Crippen LogP contribution in [0.3, 0.4) is 0 Å².